The molecule has 1 fully saturated rings. The maximum absolute atomic E-state index is 12.4. The molecule has 0 bridgehead atoms. The lowest BCUT2D eigenvalue weighted by Crippen LogP contribution is -2.49. The van der Waals surface area contributed by atoms with Crippen LogP contribution in [0.4, 0.5) is 5.82 Å². The van der Waals surface area contributed by atoms with Gasteiger partial charge in [-0.3, -0.25) is 14.7 Å². The second-order valence-corrected chi connectivity index (χ2v) is 6.80. The van der Waals surface area contributed by atoms with Crippen molar-refractivity contribution in [1.29, 1.82) is 0 Å². The number of aromatic nitrogens is 2. The third kappa shape index (κ3) is 4.09. The molecular formula is C20H23N5O2. The van der Waals surface area contributed by atoms with E-state index < -0.39 is 0 Å². The van der Waals surface area contributed by atoms with E-state index in [9.17, 15) is 4.79 Å². The first-order chi connectivity index (χ1) is 13.2. The molecule has 2 aromatic heterocycles. The first-order valence-electron chi connectivity index (χ1n) is 9.20. The molecule has 1 saturated heterocycles. The molecule has 1 aliphatic rings. The fourth-order valence-corrected chi connectivity index (χ4v) is 3.37. The quantitative estimate of drug-likeness (QED) is 0.747. The second kappa shape index (κ2) is 7.75. The van der Waals surface area contributed by atoms with Gasteiger partial charge in [-0.05, 0) is 19.1 Å². The number of furan rings is 1. The van der Waals surface area contributed by atoms with Crippen LogP contribution >= 0.6 is 0 Å². The van der Waals surface area contributed by atoms with Crippen LogP contribution in [0.1, 0.15) is 18.7 Å². The van der Waals surface area contributed by atoms with Gasteiger partial charge in [-0.15, -0.1) is 0 Å². The molecule has 0 saturated carbocycles. The van der Waals surface area contributed by atoms with Crippen LogP contribution in [0.2, 0.25) is 0 Å². The van der Waals surface area contributed by atoms with Crippen LogP contribution in [-0.4, -0.2) is 53.5 Å². The van der Waals surface area contributed by atoms with E-state index >= 15 is 0 Å². The Labute approximate surface area is 158 Å². The Bertz CT molecular complexity index is 870. The lowest BCUT2D eigenvalue weighted by Gasteiger charge is -2.34. The van der Waals surface area contributed by atoms with Crippen molar-refractivity contribution in [2.45, 2.75) is 13.0 Å². The van der Waals surface area contributed by atoms with Crippen LogP contribution in [0.25, 0.3) is 11.0 Å². The zero-order chi connectivity index (χ0) is 18.6. The molecule has 1 amide bonds. The summed E-state index contributed by atoms with van der Waals surface area (Å²) in [6.45, 7) is 5.66. The van der Waals surface area contributed by atoms with Crippen molar-refractivity contribution >= 4 is 22.7 Å². The predicted molar refractivity (Wildman–Crippen MR) is 103 cm³/mol. The van der Waals surface area contributed by atoms with E-state index in [0.29, 0.717) is 6.54 Å². The molecule has 1 unspecified atom stereocenters. The zero-order valence-corrected chi connectivity index (χ0v) is 15.3. The Kier molecular flexibility index (Phi) is 5.02. The number of fused-ring (bicyclic) bond motifs is 1. The van der Waals surface area contributed by atoms with Crippen molar-refractivity contribution in [3.05, 3.63) is 54.7 Å². The summed E-state index contributed by atoms with van der Waals surface area (Å²) in [4.78, 5) is 25.2. The average Bonchev–Trinajstić information content (AvgIpc) is 3.14. The van der Waals surface area contributed by atoms with E-state index in [4.69, 9.17) is 4.42 Å². The minimum Gasteiger partial charge on any atom is -0.459 e. The summed E-state index contributed by atoms with van der Waals surface area (Å²) in [5.41, 5.74) is 0.841. The van der Waals surface area contributed by atoms with Gasteiger partial charge in [0.05, 0.1) is 18.8 Å². The number of anilines is 1. The van der Waals surface area contributed by atoms with Crippen LogP contribution in [-0.2, 0) is 4.79 Å². The monoisotopic (exact) mass is 365 g/mol. The van der Waals surface area contributed by atoms with Crippen LogP contribution in [0.15, 0.2) is 53.3 Å². The number of piperazine rings is 1. The van der Waals surface area contributed by atoms with Gasteiger partial charge in [0, 0.05) is 44.0 Å². The highest BCUT2D eigenvalue weighted by Gasteiger charge is 2.21. The van der Waals surface area contributed by atoms with E-state index in [1.165, 1.54) is 0 Å². The molecule has 140 valence electrons. The van der Waals surface area contributed by atoms with E-state index in [1.54, 1.807) is 18.6 Å². The van der Waals surface area contributed by atoms with Gasteiger partial charge >= 0.3 is 0 Å². The van der Waals surface area contributed by atoms with Crippen LogP contribution < -0.4 is 10.2 Å². The SMILES string of the molecule is CC(NC(=O)CN1CCN(c2cnccn2)CC1)c1cc2ccccc2o1. The largest absolute Gasteiger partial charge is 0.459 e. The second-order valence-electron chi connectivity index (χ2n) is 6.80. The first-order valence-corrected chi connectivity index (χ1v) is 9.20. The number of benzene rings is 1. The molecule has 3 aromatic rings. The van der Waals surface area contributed by atoms with Gasteiger partial charge < -0.3 is 14.6 Å². The molecule has 1 aliphatic heterocycles. The van der Waals surface area contributed by atoms with Gasteiger partial charge in [-0.2, -0.15) is 0 Å². The van der Waals surface area contributed by atoms with Crippen molar-refractivity contribution in [3.8, 4) is 0 Å². The lowest BCUT2D eigenvalue weighted by atomic mass is 10.2. The van der Waals surface area contributed by atoms with Crippen LogP contribution in [0.3, 0.4) is 0 Å². The smallest absolute Gasteiger partial charge is 0.234 e. The number of hydrogen-bond acceptors (Lipinski definition) is 6. The summed E-state index contributed by atoms with van der Waals surface area (Å²) in [6, 6.07) is 9.69. The topological polar surface area (TPSA) is 74.5 Å². The first kappa shape index (κ1) is 17.5. The minimum absolute atomic E-state index is 0.0101. The molecule has 1 aromatic carbocycles. The van der Waals surface area contributed by atoms with Gasteiger partial charge in [0.1, 0.15) is 17.2 Å². The van der Waals surface area contributed by atoms with E-state index in [1.807, 2.05) is 37.3 Å². The van der Waals surface area contributed by atoms with Crippen LogP contribution in [0, 0.1) is 0 Å². The zero-order valence-electron chi connectivity index (χ0n) is 15.3. The maximum Gasteiger partial charge on any atom is 0.234 e. The van der Waals surface area contributed by atoms with Gasteiger partial charge in [0.25, 0.3) is 0 Å². The molecule has 3 heterocycles. The molecule has 7 nitrogen and oxygen atoms in total. The maximum atomic E-state index is 12.4. The van der Waals surface area contributed by atoms with Crippen LogP contribution in [0.5, 0.6) is 0 Å². The summed E-state index contributed by atoms with van der Waals surface area (Å²) >= 11 is 0. The normalized spacial score (nSPS) is 16.4. The standard InChI is InChI=1S/C20H23N5O2/c1-15(18-12-16-4-2-3-5-17(16)27-18)23-20(26)14-24-8-10-25(11-9-24)19-13-21-6-7-22-19/h2-7,12-13,15H,8-11,14H2,1H3,(H,23,26). The number of nitrogens with one attached hydrogen (secondary N) is 1. The van der Waals surface area contributed by atoms with Crippen molar-refractivity contribution in [1.82, 2.24) is 20.2 Å². The van der Waals surface area contributed by atoms with Crippen molar-refractivity contribution < 1.29 is 9.21 Å². The average molecular weight is 365 g/mol. The Morgan fingerprint density at radius 3 is 2.78 bits per heavy atom. The van der Waals surface area contributed by atoms with Gasteiger partial charge in [-0.1, -0.05) is 18.2 Å². The minimum atomic E-state index is -0.161. The molecule has 0 spiro atoms. The molecule has 27 heavy (non-hydrogen) atoms. The summed E-state index contributed by atoms with van der Waals surface area (Å²) in [5.74, 6) is 1.67. The molecule has 0 radical (unpaired) electrons. The highest BCUT2D eigenvalue weighted by Crippen LogP contribution is 2.23. The Morgan fingerprint density at radius 1 is 1.22 bits per heavy atom. The summed E-state index contributed by atoms with van der Waals surface area (Å²) in [5, 5.41) is 4.09. The number of nitrogens with zero attached hydrogens (tertiary/aromatic N) is 4. The fourth-order valence-electron chi connectivity index (χ4n) is 3.37. The predicted octanol–water partition coefficient (Wildman–Crippen LogP) is 2.22. The number of carbonyl (C=O) groups is 1. The number of amides is 1. The highest BCUT2D eigenvalue weighted by atomic mass is 16.3. The Morgan fingerprint density at radius 2 is 2.04 bits per heavy atom. The van der Waals surface area contributed by atoms with Gasteiger partial charge in [0.2, 0.25) is 5.91 Å². The van der Waals surface area contributed by atoms with E-state index in [0.717, 1.165) is 48.7 Å². The molecule has 1 N–H and O–H groups in total. The number of carbonyl (C=O) groups excluding carboxylic acids is 1. The van der Waals surface area contributed by atoms with Crippen molar-refractivity contribution in [2.24, 2.45) is 0 Å². The van der Waals surface area contributed by atoms with Crippen molar-refractivity contribution in [3.63, 3.8) is 0 Å². The fraction of sp³-hybridized carbons (Fsp3) is 0.350. The number of para-hydroxylation sites is 1. The summed E-state index contributed by atoms with van der Waals surface area (Å²) in [6.07, 6.45) is 5.15. The lowest BCUT2D eigenvalue weighted by molar-refractivity contribution is -0.123. The summed E-state index contributed by atoms with van der Waals surface area (Å²) < 4.78 is 5.84. The Balaban J connectivity index is 1.28. The number of hydrogen-bond donors (Lipinski definition) is 1. The summed E-state index contributed by atoms with van der Waals surface area (Å²) in [7, 11) is 0. The van der Waals surface area contributed by atoms with Gasteiger partial charge in [-0.25, -0.2) is 4.98 Å². The third-order valence-corrected chi connectivity index (χ3v) is 4.86. The van der Waals surface area contributed by atoms with Crippen molar-refractivity contribution in [2.75, 3.05) is 37.6 Å². The van der Waals surface area contributed by atoms with E-state index in [2.05, 4.69) is 25.1 Å². The number of rotatable bonds is 5. The molecule has 7 heteroatoms. The van der Waals surface area contributed by atoms with E-state index in [-0.39, 0.29) is 11.9 Å². The Hall–Kier alpha value is -2.93. The third-order valence-electron chi connectivity index (χ3n) is 4.86. The van der Waals surface area contributed by atoms with Gasteiger partial charge in [0.15, 0.2) is 0 Å². The molecule has 0 aliphatic carbocycles. The molecule has 1 atom stereocenters. The highest BCUT2D eigenvalue weighted by molar-refractivity contribution is 5.80. The molecule has 4 rings (SSSR count). The molecular weight excluding hydrogens is 342 g/mol.